The molecule has 86 valence electrons. The number of hydrogen-bond donors (Lipinski definition) is 2. The summed E-state index contributed by atoms with van der Waals surface area (Å²) >= 11 is 9.03. The number of nitrogens with zero attached hydrogens (tertiary/aromatic N) is 1. The number of carbonyl (C=O) groups is 1. The summed E-state index contributed by atoms with van der Waals surface area (Å²) in [5.74, 6) is 4.29. The van der Waals surface area contributed by atoms with Gasteiger partial charge in [-0.25, -0.2) is 4.79 Å². The molecule has 1 rings (SSSR count). The highest BCUT2D eigenvalue weighted by Gasteiger charge is 2.10. The van der Waals surface area contributed by atoms with Crippen LogP contribution in [0.4, 0.5) is 0 Å². The summed E-state index contributed by atoms with van der Waals surface area (Å²) in [6.45, 7) is -0.453. The van der Waals surface area contributed by atoms with Crippen LogP contribution in [0.25, 0.3) is 0 Å². The zero-order valence-electron chi connectivity index (χ0n) is 7.98. The molecular formula is C9H8BrClN2O3. The molecule has 0 aliphatic rings. The maximum atomic E-state index is 10.4. The summed E-state index contributed by atoms with van der Waals surface area (Å²) in [6, 6.07) is 3.16. The maximum Gasteiger partial charge on any atom is 0.341 e. The van der Waals surface area contributed by atoms with E-state index in [1.807, 2.05) is 0 Å². The number of halogens is 2. The molecule has 7 heteroatoms. The first kappa shape index (κ1) is 12.8. The number of nitrogens with two attached hydrogens (primary N) is 1. The lowest BCUT2D eigenvalue weighted by Gasteiger charge is -2.09. The number of hydrazone groups is 1. The fraction of sp³-hybridized carbons (Fsp3) is 0.111. The van der Waals surface area contributed by atoms with Gasteiger partial charge in [0.1, 0.15) is 5.75 Å². The van der Waals surface area contributed by atoms with Gasteiger partial charge in [0.05, 0.1) is 10.7 Å². The van der Waals surface area contributed by atoms with Gasteiger partial charge in [0, 0.05) is 10.6 Å². The molecule has 0 atom stereocenters. The van der Waals surface area contributed by atoms with Crippen LogP contribution >= 0.6 is 27.5 Å². The number of aliphatic carboxylic acids is 1. The Morgan fingerprint density at radius 3 is 2.94 bits per heavy atom. The van der Waals surface area contributed by atoms with E-state index < -0.39 is 12.6 Å². The zero-order chi connectivity index (χ0) is 12.1. The van der Waals surface area contributed by atoms with E-state index in [1.54, 1.807) is 12.1 Å². The molecule has 0 radical (unpaired) electrons. The molecule has 0 heterocycles. The van der Waals surface area contributed by atoms with E-state index in [0.717, 1.165) is 0 Å². The van der Waals surface area contributed by atoms with Gasteiger partial charge in [0.25, 0.3) is 0 Å². The van der Waals surface area contributed by atoms with Gasteiger partial charge in [-0.15, -0.1) is 0 Å². The second-order valence-corrected chi connectivity index (χ2v) is 4.06. The number of carboxylic acid groups (broad SMARTS) is 1. The molecule has 1 aromatic carbocycles. The zero-order valence-corrected chi connectivity index (χ0v) is 10.3. The standard InChI is InChI=1S/C9H8BrClN2O3/c10-7-2-6(11)1-5(3-13-12)9(7)16-4-8(14)15/h1-3H,4,12H2,(H,14,15). The summed E-state index contributed by atoms with van der Waals surface area (Å²) in [7, 11) is 0. The highest BCUT2D eigenvalue weighted by Crippen LogP contribution is 2.31. The average Bonchev–Trinajstić information content (AvgIpc) is 2.16. The number of rotatable bonds is 4. The summed E-state index contributed by atoms with van der Waals surface area (Å²) < 4.78 is 5.62. The molecule has 0 fully saturated rings. The molecule has 0 spiro atoms. The topological polar surface area (TPSA) is 84.9 Å². The number of carboxylic acids is 1. The van der Waals surface area contributed by atoms with Gasteiger partial charge in [0.2, 0.25) is 0 Å². The normalized spacial score (nSPS) is 10.6. The van der Waals surface area contributed by atoms with Crippen LogP contribution in [0.2, 0.25) is 5.02 Å². The van der Waals surface area contributed by atoms with E-state index in [1.165, 1.54) is 6.21 Å². The van der Waals surface area contributed by atoms with E-state index in [4.69, 9.17) is 27.3 Å². The van der Waals surface area contributed by atoms with Crippen molar-refractivity contribution in [2.75, 3.05) is 6.61 Å². The second-order valence-electron chi connectivity index (χ2n) is 2.77. The summed E-state index contributed by atoms with van der Waals surface area (Å²) in [4.78, 5) is 10.4. The van der Waals surface area contributed by atoms with Crippen molar-refractivity contribution < 1.29 is 14.6 Å². The Hall–Kier alpha value is -1.27. The second kappa shape index (κ2) is 5.72. The molecule has 0 saturated heterocycles. The summed E-state index contributed by atoms with van der Waals surface area (Å²) in [5, 5.41) is 12.3. The molecule has 0 unspecified atom stereocenters. The molecule has 3 N–H and O–H groups in total. The van der Waals surface area contributed by atoms with Crippen LogP contribution in [0, 0.1) is 0 Å². The molecule has 16 heavy (non-hydrogen) atoms. The Bertz CT molecular complexity index is 437. The third-order valence-electron chi connectivity index (χ3n) is 1.59. The van der Waals surface area contributed by atoms with Crippen molar-refractivity contribution in [1.29, 1.82) is 0 Å². The predicted molar refractivity (Wildman–Crippen MR) is 64.1 cm³/mol. The predicted octanol–water partition coefficient (Wildman–Crippen LogP) is 1.86. The number of hydrogen-bond acceptors (Lipinski definition) is 4. The van der Waals surface area contributed by atoms with Crippen LogP contribution in [-0.4, -0.2) is 23.9 Å². The first-order valence-corrected chi connectivity index (χ1v) is 5.28. The minimum absolute atomic E-state index is 0.334. The monoisotopic (exact) mass is 306 g/mol. The maximum absolute atomic E-state index is 10.4. The minimum atomic E-state index is -1.07. The Morgan fingerprint density at radius 2 is 2.38 bits per heavy atom. The van der Waals surface area contributed by atoms with E-state index in [-0.39, 0.29) is 0 Å². The van der Waals surface area contributed by atoms with Crippen molar-refractivity contribution in [3.63, 3.8) is 0 Å². The van der Waals surface area contributed by atoms with Crippen LogP contribution in [-0.2, 0) is 4.79 Å². The molecule has 0 aliphatic carbocycles. The lowest BCUT2D eigenvalue weighted by atomic mass is 10.2. The van der Waals surface area contributed by atoms with Crippen LogP contribution in [0.5, 0.6) is 5.75 Å². The molecule has 5 nitrogen and oxygen atoms in total. The quantitative estimate of drug-likeness (QED) is 0.505. The molecule has 0 aromatic heterocycles. The number of benzene rings is 1. The Labute approximate surface area is 105 Å². The van der Waals surface area contributed by atoms with Crippen molar-refractivity contribution in [3.8, 4) is 5.75 Å². The largest absolute Gasteiger partial charge is 0.480 e. The average molecular weight is 308 g/mol. The van der Waals surface area contributed by atoms with Gasteiger partial charge in [-0.2, -0.15) is 5.10 Å². The number of ether oxygens (including phenoxy) is 1. The van der Waals surface area contributed by atoms with Crippen molar-refractivity contribution in [2.24, 2.45) is 10.9 Å². The lowest BCUT2D eigenvalue weighted by Crippen LogP contribution is -2.11. The van der Waals surface area contributed by atoms with E-state index >= 15 is 0 Å². The van der Waals surface area contributed by atoms with Crippen LogP contribution in [0.15, 0.2) is 21.7 Å². The van der Waals surface area contributed by atoms with E-state index in [9.17, 15) is 4.79 Å². The van der Waals surface area contributed by atoms with Gasteiger partial charge in [-0.1, -0.05) is 11.6 Å². The third kappa shape index (κ3) is 3.39. The fourth-order valence-corrected chi connectivity index (χ4v) is 1.99. The van der Waals surface area contributed by atoms with Crippen molar-refractivity contribution in [2.45, 2.75) is 0 Å². The first-order chi connectivity index (χ1) is 7.54. The van der Waals surface area contributed by atoms with Gasteiger partial charge >= 0.3 is 5.97 Å². The fourth-order valence-electron chi connectivity index (χ4n) is 1.04. The SMILES string of the molecule is NN=Cc1cc(Cl)cc(Br)c1OCC(=O)O. The van der Waals surface area contributed by atoms with Gasteiger partial charge in [0.15, 0.2) is 6.61 Å². The third-order valence-corrected chi connectivity index (χ3v) is 2.40. The Kier molecular flexibility index (Phi) is 4.57. The van der Waals surface area contributed by atoms with Crippen LogP contribution < -0.4 is 10.6 Å². The molecule has 0 saturated carbocycles. The van der Waals surface area contributed by atoms with Crippen molar-refractivity contribution in [3.05, 3.63) is 27.2 Å². The molecule has 0 aliphatic heterocycles. The smallest absolute Gasteiger partial charge is 0.341 e. The molecular weight excluding hydrogens is 299 g/mol. The minimum Gasteiger partial charge on any atom is -0.480 e. The van der Waals surface area contributed by atoms with E-state index in [0.29, 0.717) is 20.8 Å². The Morgan fingerprint density at radius 1 is 1.69 bits per heavy atom. The highest BCUT2D eigenvalue weighted by atomic mass is 79.9. The van der Waals surface area contributed by atoms with Gasteiger partial charge in [-0.3, -0.25) is 0 Å². The van der Waals surface area contributed by atoms with Crippen molar-refractivity contribution >= 4 is 39.7 Å². The molecule has 0 amide bonds. The highest BCUT2D eigenvalue weighted by molar-refractivity contribution is 9.10. The van der Waals surface area contributed by atoms with Gasteiger partial charge < -0.3 is 15.7 Å². The van der Waals surface area contributed by atoms with Crippen LogP contribution in [0.1, 0.15) is 5.56 Å². The van der Waals surface area contributed by atoms with E-state index in [2.05, 4.69) is 21.0 Å². The molecule has 0 bridgehead atoms. The first-order valence-electron chi connectivity index (χ1n) is 4.11. The molecule has 1 aromatic rings. The Balaban J connectivity index is 3.08. The van der Waals surface area contributed by atoms with Crippen molar-refractivity contribution in [1.82, 2.24) is 0 Å². The lowest BCUT2D eigenvalue weighted by molar-refractivity contribution is -0.139. The summed E-state index contributed by atoms with van der Waals surface area (Å²) in [5.41, 5.74) is 0.503. The van der Waals surface area contributed by atoms with Gasteiger partial charge in [-0.05, 0) is 28.1 Å². The van der Waals surface area contributed by atoms with Crippen LogP contribution in [0.3, 0.4) is 0 Å². The summed E-state index contributed by atoms with van der Waals surface area (Å²) in [6.07, 6.45) is 1.33.